The van der Waals surface area contributed by atoms with E-state index in [1.54, 1.807) is 5.57 Å². The van der Waals surface area contributed by atoms with Crippen LogP contribution in [0.3, 0.4) is 0 Å². The molecule has 0 amide bonds. The van der Waals surface area contributed by atoms with Crippen LogP contribution in [0.25, 0.3) is 11.1 Å². The van der Waals surface area contributed by atoms with Crippen molar-refractivity contribution in [3.63, 3.8) is 0 Å². The Morgan fingerprint density at radius 1 is 0.655 bits per heavy atom. The predicted molar refractivity (Wildman–Crippen MR) is 243 cm³/mol. The Morgan fingerprint density at radius 2 is 1.34 bits per heavy atom. The zero-order chi connectivity index (χ0) is 38.7. The molecule has 1 heterocycles. The summed E-state index contributed by atoms with van der Waals surface area (Å²) in [6.45, 7) is 2.57. The van der Waals surface area contributed by atoms with Gasteiger partial charge in [-0.3, -0.25) is 0 Å². The predicted octanol–water partition coefficient (Wildman–Crippen LogP) is 14.0. The summed E-state index contributed by atoms with van der Waals surface area (Å²) in [7, 11) is 0. The van der Waals surface area contributed by atoms with Gasteiger partial charge in [0.15, 0.2) is 0 Å². The number of hydrogen-bond donors (Lipinski definition) is 0. The molecule has 2 heteroatoms. The number of hydrogen-bond acceptors (Lipinski definition) is 2. The quantitative estimate of drug-likeness (QED) is 0.163. The van der Waals surface area contributed by atoms with E-state index in [4.69, 9.17) is 0 Å². The molecule has 8 unspecified atom stereocenters. The number of fused-ring (bicyclic) bond motifs is 6. The second kappa shape index (κ2) is 14.2. The van der Waals surface area contributed by atoms with Crippen LogP contribution in [-0.2, 0) is 5.41 Å². The Labute approximate surface area is 344 Å². The first-order chi connectivity index (χ1) is 28.6. The lowest BCUT2D eigenvalue weighted by molar-refractivity contribution is 0.142. The topological polar surface area (TPSA) is 6.48 Å². The molecule has 11 rings (SSSR count). The van der Waals surface area contributed by atoms with E-state index in [0.29, 0.717) is 29.6 Å². The smallest absolute Gasteiger partial charge is 0.0629 e. The van der Waals surface area contributed by atoms with Crippen molar-refractivity contribution in [3.05, 3.63) is 217 Å². The molecule has 8 atom stereocenters. The molecular weight excluding hydrogens is 701 g/mol. The van der Waals surface area contributed by atoms with Gasteiger partial charge in [-0.15, -0.1) is 0 Å². The number of benzene rings is 5. The van der Waals surface area contributed by atoms with E-state index in [1.807, 2.05) is 0 Å². The second-order valence-corrected chi connectivity index (χ2v) is 17.7. The van der Waals surface area contributed by atoms with E-state index in [2.05, 4.69) is 217 Å². The maximum absolute atomic E-state index is 2.71. The summed E-state index contributed by atoms with van der Waals surface area (Å²) in [5.74, 6) is 2.44. The van der Waals surface area contributed by atoms with E-state index < -0.39 is 0 Å². The molecule has 0 N–H and O–H groups in total. The average molecular weight is 753 g/mol. The maximum Gasteiger partial charge on any atom is 0.0629 e. The van der Waals surface area contributed by atoms with Crippen LogP contribution in [0.2, 0.25) is 0 Å². The van der Waals surface area contributed by atoms with Gasteiger partial charge in [-0.05, 0) is 139 Å². The van der Waals surface area contributed by atoms with Crippen molar-refractivity contribution in [2.75, 3.05) is 9.80 Å². The minimum absolute atomic E-state index is 0.0748. The molecule has 2 nitrogen and oxygen atoms in total. The monoisotopic (exact) mass is 752 g/mol. The van der Waals surface area contributed by atoms with Gasteiger partial charge in [0.2, 0.25) is 0 Å². The van der Waals surface area contributed by atoms with E-state index in [9.17, 15) is 0 Å². The highest BCUT2D eigenvalue weighted by Gasteiger charge is 2.63. The molecule has 286 valence electrons. The Hall–Kier alpha value is -5.86. The fourth-order valence-corrected chi connectivity index (χ4v) is 12.5. The van der Waals surface area contributed by atoms with Crippen molar-refractivity contribution in [1.82, 2.24) is 0 Å². The normalized spacial score (nSPS) is 30.0. The SMILES string of the molecule is CC1(N(c2ccccc2)c2ccc(-c3ccc4c(c3)C3C=CC=CC3N4c3ccccc3)cc2)CCC2C3C=CC=CC3C(C3=CCCC=C3)(c3ccccc3)C2C1. The summed E-state index contributed by atoms with van der Waals surface area (Å²) in [6.07, 6.45) is 32.2. The van der Waals surface area contributed by atoms with Gasteiger partial charge >= 0.3 is 0 Å². The molecule has 0 radical (unpaired) electrons. The van der Waals surface area contributed by atoms with E-state index in [0.717, 1.165) is 25.7 Å². The molecule has 6 aliphatic rings. The number of rotatable bonds is 7. The fourth-order valence-electron chi connectivity index (χ4n) is 12.5. The number of anilines is 4. The van der Waals surface area contributed by atoms with Crippen LogP contribution in [0.15, 0.2) is 206 Å². The van der Waals surface area contributed by atoms with Crippen LogP contribution < -0.4 is 9.80 Å². The van der Waals surface area contributed by atoms with Crippen molar-refractivity contribution >= 4 is 22.7 Å². The lowest BCUT2D eigenvalue weighted by Gasteiger charge is -2.53. The van der Waals surface area contributed by atoms with Crippen LogP contribution in [0.5, 0.6) is 0 Å². The van der Waals surface area contributed by atoms with Gasteiger partial charge in [-0.2, -0.15) is 0 Å². The molecule has 0 bridgehead atoms. The number of para-hydroxylation sites is 2. The molecule has 0 aromatic heterocycles. The summed E-state index contributed by atoms with van der Waals surface area (Å²) in [4.78, 5) is 5.23. The molecule has 1 aliphatic heterocycles. The Balaban J connectivity index is 0.977. The van der Waals surface area contributed by atoms with Gasteiger partial charge in [0.05, 0.1) is 6.04 Å². The average Bonchev–Trinajstić information content (AvgIpc) is 3.78. The van der Waals surface area contributed by atoms with Crippen molar-refractivity contribution in [2.24, 2.45) is 23.7 Å². The Morgan fingerprint density at radius 3 is 2.12 bits per heavy atom. The van der Waals surface area contributed by atoms with Gasteiger partial charge in [-0.1, -0.05) is 152 Å². The van der Waals surface area contributed by atoms with Gasteiger partial charge in [-0.25, -0.2) is 0 Å². The first kappa shape index (κ1) is 35.3. The zero-order valence-electron chi connectivity index (χ0n) is 33.4. The summed E-state index contributed by atoms with van der Waals surface area (Å²) >= 11 is 0. The highest BCUT2D eigenvalue weighted by molar-refractivity contribution is 5.80. The molecule has 0 spiro atoms. The Bertz CT molecular complexity index is 2490. The van der Waals surface area contributed by atoms with Crippen molar-refractivity contribution in [3.8, 4) is 11.1 Å². The lowest BCUT2D eigenvalue weighted by atomic mass is 9.56. The van der Waals surface area contributed by atoms with Crippen molar-refractivity contribution in [1.29, 1.82) is 0 Å². The standard InChI is InChI=1S/C56H52N2/c1-55(37-36-48-47-26-14-16-28-51(47)56(52(48)39-55,42-18-6-2-7-19-42)43-20-8-3-9-21-43)58(45-24-12-5-13-25-45)46-33-30-40(31-34-46)41-32-35-54-50(38-41)49-27-15-17-29-53(49)57(54)44-22-10-4-11-23-44/h2,4-8,10-35,38,47-49,51-53H,3,9,36-37,39H2,1H3. The highest BCUT2D eigenvalue weighted by Crippen LogP contribution is 2.67. The van der Waals surface area contributed by atoms with Crippen molar-refractivity contribution < 1.29 is 0 Å². The second-order valence-electron chi connectivity index (χ2n) is 17.7. The van der Waals surface area contributed by atoms with Crippen LogP contribution >= 0.6 is 0 Å². The lowest BCUT2D eigenvalue weighted by Crippen LogP contribution is -2.52. The molecule has 2 fully saturated rings. The van der Waals surface area contributed by atoms with Crippen LogP contribution in [0.4, 0.5) is 22.7 Å². The first-order valence-corrected chi connectivity index (χ1v) is 21.7. The first-order valence-electron chi connectivity index (χ1n) is 21.7. The van der Waals surface area contributed by atoms with Crippen molar-refractivity contribution in [2.45, 2.75) is 61.9 Å². The molecular formula is C56H52N2. The summed E-state index contributed by atoms with van der Waals surface area (Å²) in [5, 5.41) is 0. The molecule has 5 aromatic carbocycles. The summed E-state index contributed by atoms with van der Waals surface area (Å²) in [5.41, 5.74) is 11.9. The van der Waals surface area contributed by atoms with Gasteiger partial charge < -0.3 is 9.80 Å². The fraction of sp³-hybridized carbons (Fsp3) is 0.250. The number of nitrogens with zero attached hydrogens (tertiary/aromatic N) is 2. The maximum atomic E-state index is 2.71. The highest BCUT2D eigenvalue weighted by atomic mass is 15.2. The Kier molecular flexibility index (Phi) is 8.65. The minimum atomic E-state index is -0.0890. The van der Waals surface area contributed by atoms with Gasteiger partial charge in [0.25, 0.3) is 0 Å². The van der Waals surface area contributed by atoms with Crippen LogP contribution in [0, 0.1) is 23.7 Å². The van der Waals surface area contributed by atoms with E-state index >= 15 is 0 Å². The molecule has 5 aromatic rings. The third-order valence-electron chi connectivity index (χ3n) is 14.8. The van der Waals surface area contributed by atoms with Crippen LogP contribution in [0.1, 0.15) is 56.1 Å². The molecule has 2 saturated carbocycles. The van der Waals surface area contributed by atoms with E-state index in [-0.39, 0.29) is 17.0 Å². The third-order valence-corrected chi connectivity index (χ3v) is 14.8. The summed E-state index contributed by atoms with van der Waals surface area (Å²) in [6, 6.07) is 50.6. The van der Waals surface area contributed by atoms with Gasteiger partial charge in [0.1, 0.15) is 0 Å². The largest absolute Gasteiger partial charge is 0.336 e. The van der Waals surface area contributed by atoms with Crippen LogP contribution in [-0.4, -0.2) is 11.6 Å². The molecule has 5 aliphatic carbocycles. The third kappa shape index (κ3) is 5.52. The summed E-state index contributed by atoms with van der Waals surface area (Å²) < 4.78 is 0. The van der Waals surface area contributed by atoms with Gasteiger partial charge in [0, 0.05) is 39.6 Å². The van der Waals surface area contributed by atoms with E-state index in [1.165, 1.54) is 51.4 Å². The zero-order valence-corrected chi connectivity index (χ0v) is 33.4. The molecule has 58 heavy (non-hydrogen) atoms. The minimum Gasteiger partial charge on any atom is -0.336 e. The number of allylic oxidation sites excluding steroid dienone is 10. The molecule has 0 saturated heterocycles.